The first-order valence-electron chi connectivity index (χ1n) is 9.68. The lowest BCUT2D eigenvalue weighted by Gasteiger charge is -2.36. The molecule has 0 saturated carbocycles. The zero-order valence-corrected chi connectivity index (χ0v) is 17.2. The van der Waals surface area contributed by atoms with E-state index >= 15 is 0 Å². The third-order valence-electron chi connectivity index (χ3n) is 5.70. The molecule has 0 amide bonds. The maximum Gasteiger partial charge on any atom is 0.338 e. The fourth-order valence-corrected chi connectivity index (χ4v) is 3.46. The highest BCUT2D eigenvalue weighted by atomic mass is 16.5. The fourth-order valence-electron chi connectivity index (χ4n) is 3.46. The van der Waals surface area contributed by atoms with Crippen molar-refractivity contribution in [2.45, 2.75) is 52.9 Å². The van der Waals surface area contributed by atoms with Crippen LogP contribution >= 0.6 is 0 Å². The summed E-state index contributed by atoms with van der Waals surface area (Å²) in [4.78, 5) is 23.5. The first-order chi connectivity index (χ1) is 13.4. The Morgan fingerprint density at radius 3 is 2.82 bits per heavy atom. The van der Waals surface area contributed by atoms with Crippen LogP contribution in [-0.2, 0) is 25.5 Å². The molecule has 0 aromatic carbocycles. The van der Waals surface area contributed by atoms with Gasteiger partial charge in [0.2, 0.25) is 0 Å². The Hall–Kier alpha value is -2.56. The second kappa shape index (κ2) is 10.1. The molecular formula is C23H30O5. The highest BCUT2D eigenvalue weighted by Gasteiger charge is 2.31. The lowest BCUT2D eigenvalue weighted by molar-refractivity contribution is -0.137. The Bertz CT molecular complexity index is 754. The summed E-state index contributed by atoms with van der Waals surface area (Å²) in [6.45, 7) is 5.90. The van der Waals surface area contributed by atoms with Crippen molar-refractivity contribution in [3.05, 3.63) is 59.8 Å². The Morgan fingerprint density at radius 1 is 1.39 bits per heavy atom. The van der Waals surface area contributed by atoms with E-state index < -0.39 is 11.9 Å². The lowest BCUT2D eigenvalue weighted by Crippen LogP contribution is -2.26. The van der Waals surface area contributed by atoms with Gasteiger partial charge in [-0.15, -0.1) is 0 Å². The number of esters is 2. The van der Waals surface area contributed by atoms with Crippen LogP contribution in [0.25, 0.3) is 0 Å². The minimum Gasteiger partial charge on any atom is -0.472 e. The van der Waals surface area contributed by atoms with Crippen LogP contribution in [0.15, 0.2) is 58.6 Å². The molecule has 28 heavy (non-hydrogen) atoms. The molecule has 0 radical (unpaired) electrons. The zero-order valence-electron chi connectivity index (χ0n) is 17.2. The van der Waals surface area contributed by atoms with Crippen molar-refractivity contribution in [2.75, 3.05) is 7.11 Å². The average molecular weight is 386 g/mol. The van der Waals surface area contributed by atoms with E-state index in [9.17, 15) is 9.59 Å². The average Bonchev–Trinajstić information content (AvgIpc) is 3.19. The van der Waals surface area contributed by atoms with Gasteiger partial charge in [-0.2, -0.15) is 0 Å². The minimum absolute atomic E-state index is 0.108. The van der Waals surface area contributed by atoms with Gasteiger partial charge in [-0.25, -0.2) is 4.79 Å². The van der Waals surface area contributed by atoms with Crippen molar-refractivity contribution in [1.82, 2.24) is 0 Å². The van der Waals surface area contributed by atoms with Gasteiger partial charge in [-0.05, 0) is 61.1 Å². The van der Waals surface area contributed by atoms with Crippen molar-refractivity contribution >= 4 is 11.9 Å². The molecule has 1 heterocycles. The molecule has 1 aliphatic rings. The van der Waals surface area contributed by atoms with Crippen molar-refractivity contribution in [1.29, 1.82) is 0 Å². The van der Waals surface area contributed by atoms with Crippen LogP contribution in [0, 0.1) is 11.3 Å². The normalized spacial score (nSPS) is 24.5. The number of carbonyl (C=O) groups is 2. The van der Waals surface area contributed by atoms with Crippen LogP contribution in [0.2, 0.25) is 0 Å². The molecular weight excluding hydrogens is 356 g/mol. The van der Waals surface area contributed by atoms with Gasteiger partial charge in [-0.3, -0.25) is 4.79 Å². The SMILES string of the molecule is COC(=O)C1=CC=CC[C@@](C)(CCc2ccoc2)[C@H](C)CCC1=COC(C)=O. The molecule has 5 nitrogen and oxygen atoms in total. The van der Waals surface area contributed by atoms with Gasteiger partial charge in [0.25, 0.3) is 0 Å². The summed E-state index contributed by atoms with van der Waals surface area (Å²) in [7, 11) is 1.35. The molecule has 0 bridgehead atoms. The summed E-state index contributed by atoms with van der Waals surface area (Å²) < 4.78 is 15.2. The van der Waals surface area contributed by atoms with Crippen molar-refractivity contribution in [3.63, 3.8) is 0 Å². The van der Waals surface area contributed by atoms with Gasteiger partial charge in [0.05, 0.1) is 31.5 Å². The van der Waals surface area contributed by atoms with E-state index in [1.54, 1.807) is 18.6 Å². The molecule has 1 aliphatic carbocycles. The summed E-state index contributed by atoms with van der Waals surface area (Å²) in [5.41, 5.74) is 2.42. The van der Waals surface area contributed by atoms with Gasteiger partial charge in [0.15, 0.2) is 0 Å². The Morgan fingerprint density at radius 2 is 2.18 bits per heavy atom. The molecule has 2 atom stereocenters. The summed E-state index contributed by atoms with van der Waals surface area (Å²) in [5.74, 6) is -0.442. The quantitative estimate of drug-likeness (QED) is 0.518. The minimum atomic E-state index is -0.431. The molecule has 152 valence electrons. The topological polar surface area (TPSA) is 65.7 Å². The number of furan rings is 1. The predicted molar refractivity (Wildman–Crippen MR) is 107 cm³/mol. The van der Waals surface area contributed by atoms with Crippen molar-refractivity contribution in [3.8, 4) is 0 Å². The molecule has 0 saturated heterocycles. The van der Waals surface area contributed by atoms with E-state index in [-0.39, 0.29) is 5.41 Å². The molecule has 0 fully saturated rings. The first kappa shape index (κ1) is 21.7. The van der Waals surface area contributed by atoms with E-state index in [4.69, 9.17) is 13.9 Å². The third kappa shape index (κ3) is 5.98. The summed E-state index contributed by atoms with van der Waals surface area (Å²) in [6, 6.07) is 2.01. The molecule has 2 rings (SSSR count). The van der Waals surface area contributed by atoms with E-state index in [1.165, 1.54) is 25.9 Å². The molecule has 0 unspecified atom stereocenters. The second-order valence-electron chi connectivity index (χ2n) is 7.68. The maximum absolute atomic E-state index is 12.2. The van der Waals surface area contributed by atoms with Gasteiger partial charge >= 0.3 is 11.9 Å². The van der Waals surface area contributed by atoms with Gasteiger partial charge in [0, 0.05) is 12.5 Å². The fraction of sp³-hybridized carbons (Fsp3) is 0.478. The van der Waals surface area contributed by atoms with Gasteiger partial charge < -0.3 is 13.9 Å². The standard InChI is InChI=1S/C23H30O5/c1-17-8-9-20(16-28-18(2)24)21(22(25)26-4)7-5-6-12-23(17,3)13-10-19-11-14-27-15-19/h5-7,11,14-17H,8-10,12-13H2,1-4H3/t17-,23+/m1/s1. The summed E-state index contributed by atoms with van der Waals surface area (Å²) >= 11 is 0. The predicted octanol–water partition coefficient (Wildman–Crippen LogP) is 5.14. The number of ether oxygens (including phenoxy) is 2. The van der Waals surface area contributed by atoms with Crippen molar-refractivity contribution < 1.29 is 23.5 Å². The molecule has 1 aromatic rings. The second-order valence-corrected chi connectivity index (χ2v) is 7.68. The van der Waals surface area contributed by atoms with E-state index in [2.05, 4.69) is 19.9 Å². The maximum atomic E-state index is 12.2. The lowest BCUT2D eigenvalue weighted by atomic mass is 9.69. The van der Waals surface area contributed by atoms with Crippen LogP contribution in [0.1, 0.15) is 52.0 Å². The first-order valence-corrected chi connectivity index (χ1v) is 9.68. The van der Waals surface area contributed by atoms with Gasteiger partial charge in [0.1, 0.15) is 0 Å². The van der Waals surface area contributed by atoms with E-state index in [0.717, 1.165) is 25.7 Å². The number of aryl methyl sites for hydroxylation is 1. The summed E-state index contributed by atoms with van der Waals surface area (Å²) in [6.07, 6.45) is 15.0. The monoisotopic (exact) mass is 386 g/mol. The van der Waals surface area contributed by atoms with E-state index in [1.807, 2.05) is 12.1 Å². The smallest absolute Gasteiger partial charge is 0.338 e. The van der Waals surface area contributed by atoms with Crippen LogP contribution in [0.4, 0.5) is 0 Å². The molecule has 0 spiro atoms. The zero-order chi connectivity index (χ0) is 20.6. The number of carbonyl (C=O) groups excluding carboxylic acids is 2. The molecule has 0 aliphatic heterocycles. The van der Waals surface area contributed by atoms with Crippen LogP contribution in [-0.4, -0.2) is 19.0 Å². The van der Waals surface area contributed by atoms with Crippen LogP contribution in [0.3, 0.4) is 0 Å². The number of allylic oxidation sites excluding steroid dienone is 3. The number of hydrogen-bond donors (Lipinski definition) is 0. The highest BCUT2D eigenvalue weighted by Crippen LogP contribution is 2.40. The number of rotatable bonds is 5. The largest absolute Gasteiger partial charge is 0.472 e. The number of methoxy groups -OCH3 is 1. The molecule has 0 N–H and O–H groups in total. The Balaban J connectivity index is 2.25. The molecule has 1 aromatic heterocycles. The van der Waals surface area contributed by atoms with Gasteiger partial charge in [-0.1, -0.05) is 26.0 Å². The molecule has 5 heteroatoms. The summed E-state index contributed by atoms with van der Waals surface area (Å²) in [5, 5.41) is 0. The van der Waals surface area contributed by atoms with Crippen LogP contribution < -0.4 is 0 Å². The Kier molecular flexibility index (Phi) is 7.85. The van der Waals surface area contributed by atoms with E-state index in [0.29, 0.717) is 23.5 Å². The highest BCUT2D eigenvalue weighted by molar-refractivity contribution is 5.93. The Labute approximate surface area is 167 Å². The number of hydrogen-bond acceptors (Lipinski definition) is 5. The van der Waals surface area contributed by atoms with Crippen LogP contribution in [0.5, 0.6) is 0 Å². The van der Waals surface area contributed by atoms with Crippen molar-refractivity contribution in [2.24, 2.45) is 11.3 Å². The third-order valence-corrected chi connectivity index (χ3v) is 5.70.